The molecule has 2 aromatic carbocycles. The van der Waals surface area contributed by atoms with Crippen molar-refractivity contribution in [3.63, 3.8) is 0 Å². The summed E-state index contributed by atoms with van der Waals surface area (Å²) in [4.78, 5) is 0. The normalized spacial score (nSPS) is 10.1. The van der Waals surface area contributed by atoms with Gasteiger partial charge in [0.05, 0.1) is 10.7 Å². The van der Waals surface area contributed by atoms with Crippen molar-refractivity contribution >= 4 is 30.1 Å². The zero-order valence-corrected chi connectivity index (χ0v) is 10.3. The maximum absolute atomic E-state index is 6.08. The van der Waals surface area contributed by atoms with Gasteiger partial charge < -0.3 is 4.72 Å². The van der Waals surface area contributed by atoms with Gasteiger partial charge in [0.25, 0.3) is 0 Å². The zero-order chi connectivity index (χ0) is 11.4. The molecule has 0 spiro atoms. The highest BCUT2D eigenvalue weighted by atomic mass is 35.5. The Balaban J connectivity index is 2.31. The first-order chi connectivity index (χ1) is 7.81. The van der Waals surface area contributed by atoms with E-state index in [0.29, 0.717) is 5.02 Å². The van der Waals surface area contributed by atoms with Crippen LogP contribution in [0.1, 0.15) is 11.1 Å². The second-order valence-electron chi connectivity index (χ2n) is 3.55. The quantitative estimate of drug-likeness (QED) is 0.778. The monoisotopic (exact) mass is 249 g/mol. The molecule has 3 heteroatoms. The van der Waals surface area contributed by atoms with Crippen LogP contribution in [0.4, 0.5) is 5.69 Å². The van der Waals surface area contributed by atoms with Gasteiger partial charge in [-0.05, 0) is 23.6 Å². The SMILES string of the molecule is SNc1c(Cl)cccc1Cc1ccccc1. The van der Waals surface area contributed by atoms with E-state index in [4.69, 9.17) is 11.6 Å². The minimum Gasteiger partial charge on any atom is -0.331 e. The van der Waals surface area contributed by atoms with Crippen molar-refractivity contribution in [1.82, 2.24) is 0 Å². The standard InChI is InChI=1S/C13H12ClNS/c14-12-8-4-7-11(13(12)15-16)9-10-5-2-1-3-6-10/h1-8,15-16H,9H2. The van der Waals surface area contributed by atoms with E-state index in [-0.39, 0.29) is 0 Å². The molecule has 0 amide bonds. The third-order valence-corrected chi connectivity index (χ3v) is 2.99. The maximum Gasteiger partial charge on any atom is 0.0662 e. The van der Waals surface area contributed by atoms with Crippen molar-refractivity contribution in [2.45, 2.75) is 6.42 Å². The summed E-state index contributed by atoms with van der Waals surface area (Å²) in [5, 5.41) is 0.698. The zero-order valence-electron chi connectivity index (χ0n) is 8.65. The first-order valence-electron chi connectivity index (χ1n) is 5.02. The molecule has 2 aromatic rings. The van der Waals surface area contributed by atoms with Crippen LogP contribution in [0.15, 0.2) is 48.5 Å². The third-order valence-electron chi connectivity index (χ3n) is 2.45. The van der Waals surface area contributed by atoms with E-state index in [9.17, 15) is 0 Å². The van der Waals surface area contributed by atoms with Crippen LogP contribution in [0.5, 0.6) is 0 Å². The first-order valence-corrected chi connectivity index (χ1v) is 5.85. The number of benzene rings is 2. The molecule has 2 rings (SSSR count). The van der Waals surface area contributed by atoms with Gasteiger partial charge in [-0.25, -0.2) is 0 Å². The third kappa shape index (κ3) is 2.52. The van der Waals surface area contributed by atoms with E-state index in [1.54, 1.807) is 0 Å². The van der Waals surface area contributed by atoms with Crippen molar-refractivity contribution in [2.75, 3.05) is 4.72 Å². The second-order valence-corrected chi connectivity index (χ2v) is 4.18. The number of halogens is 1. The predicted molar refractivity (Wildman–Crippen MR) is 73.3 cm³/mol. The van der Waals surface area contributed by atoms with Gasteiger partial charge in [-0.1, -0.05) is 66.9 Å². The molecule has 0 aliphatic carbocycles. The second kappa shape index (κ2) is 5.28. The topological polar surface area (TPSA) is 12.0 Å². The Kier molecular flexibility index (Phi) is 3.75. The van der Waals surface area contributed by atoms with Crippen LogP contribution in [0.3, 0.4) is 0 Å². The van der Waals surface area contributed by atoms with Crippen LogP contribution in [0.25, 0.3) is 0 Å². The molecule has 0 atom stereocenters. The van der Waals surface area contributed by atoms with Crippen molar-refractivity contribution in [3.05, 3.63) is 64.7 Å². The molecule has 0 bridgehead atoms. The molecule has 0 unspecified atom stereocenters. The molecule has 0 heterocycles. The van der Waals surface area contributed by atoms with Crippen molar-refractivity contribution in [1.29, 1.82) is 0 Å². The van der Waals surface area contributed by atoms with Crippen molar-refractivity contribution in [2.24, 2.45) is 0 Å². The van der Waals surface area contributed by atoms with Gasteiger partial charge in [0.15, 0.2) is 0 Å². The molecule has 0 saturated heterocycles. The number of para-hydroxylation sites is 1. The van der Waals surface area contributed by atoms with Gasteiger partial charge in [-0.15, -0.1) is 0 Å². The van der Waals surface area contributed by atoms with Gasteiger partial charge in [0, 0.05) is 0 Å². The molecule has 0 radical (unpaired) electrons. The van der Waals surface area contributed by atoms with Crippen LogP contribution < -0.4 is 4.72 Å². The fraction of sp³-hybridized carbons (Fsp3) is 0.0769. The summed E-state index contributed by atoms with van der Waals surface area (Å²) in [6.45, 7) is 0. The number of hydrogen-bond donors (Lipinski definition) is 2. The van der Waals surface area contributed by atoms with E-state index in [1.165, 1.54) is 5.56 Å². The fourth-order valence-electron chi connectivity index (χ4n) is 1.66. The number of hydrogen-bond acceptors (Lipinski definition) is 2. The summed E-state index contributed by atoms with van der Waals surface area (Å²) < 4.78 is 2.85. The molecule has 16 heavy (non-hydrogen) atoms. The van der Waals surface area contributed by atoms with Crippen molar-refractivity contribution < 1.29 is 0 Å². The molecular weight excluding hydrogens is 238 g/mol. The number of nitrogens with one attached hydrogen (secondary N) is 1. The Bertz CT molecular complexity index is 471. The lowest BCUT2D eigenvalue weighted by atomic mass is 10.0. The largest absolute Gasteiger partial charge is 0.331 e. The summed E-state index contributed by atoms with van der Waals surface area (Å²) in [6.07, 6.45) is 0.851. The fourth-order valence-corrected chi connectivity index (χ4v) is 2.23. The highest BCUT2D eigenvalue weighted by Gasteiger charge is 2.05. The van der Waals surface area contributed by atoms with Crippen LogP contribution in [-0.4, -0.2) is 0 Å². The Morgan fingerprint density at radius 2 is 1.75 bits per heavy atom. The average molecular weight is 250 g/mol. The summed E-state index contributed by atoms with van der Waals surface area (Å²) >= 11 is 10.2. The molecule has 0 fully saturated rings. The lowest BCUT2D eigenvalue weighted by molar-refractivity contribution is 1.20. The van der Waals surface area contributed by atoms with E-state index in [1.807, 2.05) is 30.3 Å². The summed E-state index contributed by atoms with van der Waals surface area (Å²) in [6, 6.07) is 16.1. The summed E-state index contributed by atoms with van der Waals surface area (Å²) in [5.41, 5.74) is 3.29. The van der Waals surface area contributed by atoms with Gasteiger partial charge >= 0.3 is 0 Å². The number of thiol groups is 1. The van der Waals surface area contributed by atoms with E-state index >= 15 is 0 Å². The van der Waals surface area contributed by atoms with Crippen LogP contribution >= 0.6 is 24.4 Å². The van der Waals surface area contributed by atoms with Crippen LogP contribution in [-0.2, 0) is 6.42 Å². The molecule has 1 N–H and O–H groups in total. The summed E-state index contributed by atoms with van der Waals surface area (Å²) in [7, 11) is 0. The summed E-state index contributed by atoms with van der Waals surface area (Å²) in [5.74, 6) is 0. The molecule has 82 valence electrons. The van der Waals surface area contributed by atoms with Crippen molar-refractivity contribution in [3.8, 4) is 0 Å². The number of anilines is 1. The van der Waals surface area contributed by atoms with Gasteiger partial charge in [0.1, 0.15) is 0 Å². The van der Waals surface area contributed by atoms with E-state index < -0.39 is 0 Å². The molecule has 0 aliphatic heterocycles. The first kappa shape index (κ1) is 11.4. The Labute approximate surface area is 106 Å². The minimum atomic E-state index is 0.698. The molecule has 0 aromatic heterocycles. The molecule has 1 nitrogen and oxygen atoms in total. The van der Waals surface area contributed by atoms with Gasteiger partial charge in [-0.2, -0.15) is 0 Å². The smallest absolute Gasteiger partial charge is 0.0662 e. The predicted octanol–water partition coefficient (Wildman–Crippen LogP) is 4.19. The van der Waals surface area contributed by atoms with E-state index in [2.05, 4.69) is 35.7 Å². The number of rotatable bonds is 3. The maximum atomic E-state index is 6.08. The lowest BCUT2D eigenvalue weighted by Gasteiger charge is -2.10. The lowest BCUT2D eigenvalue weighted by Crippen LogP contribution is -1.94. The highest BCUT2D eigenvalue weighted by molar-refractivity contribution is 7.81. The van der Waals surface area contributed by atoms with Crippen LogP contribution in [0.2, 0.25) is 5.02 Å². The highest BCUT2D eigenvalue weighted by Crippen LogP contribution is 2.28. The molecular formula is C13H12ClNS. The van der Waals surface area contributed by atoms with E-state index in [0.717, 1.165) is 17.7 Å². The average Bonchev–Trinajstić information content (AvgIpc) is 2.31. The van der Waals surface area contributed by atoms with Gasteiger partial charge in [-0.3, -0.25) is 0 Å². The molecule has 0 aliphatic rings. The molecule has 0 saturated carbocycles. The Hall–Kier alpha value is -1.12. The Morgan fingerprint density at radius 1 is 1.00 bits per heavy atom. The van der Waals surface area contributed by atoms with Crippen LogP contribution in [0, 0.1) is 0 Å². The minimum absolute atomic E-state index is 0.698. The van der Waals surface area contributed by atoms with Gasteiger partial charge in [0.2, 0.25) is 0 Å². The Morgan fingerprint density at radius 3 is 2.44 bits per heavy atom.